The van der Waals surface area contributed by atoms with E-state index in [1.54, 1.807) is 11.3 Å². The fourth-order valence-electron chi connectivity index (χ4n) is 1.61. The monoisotopic (exact) mass is 235 g/mol. The first-order chi connectivity index (χ1) is 7.59. The Hall–Kier alpha value is -1.13. The lowest BCUT2D eigenvalue weighted by Crippen LogP contribution is -2.18. The number of aromatic amines is 1. The number of imidazole rings is 1. The molecule has 0 radical (unpaired) electrons. The van der Waals surface area contributed by atoms with Gasteiger partial charge in [0.25, 0.3) is 0 Å². The first-order valence-electron chi connectivity index (χ1n) is 5.45. The van der Waals surface area contributed by atoms with Crippen LogP contribution in [-0.4, -0.2) is 9.97 Å². The smallest absolute Gasteiger partial charge is 0.124 e. The maximum absolute atomic E-state index is 6.08. The minimum atomic E-state index is -0.0209. The molecule has 2 heterocycles. The van der Waals surface area contributed by atoms with Crippen LogP contribution in [0.2, 0.25) is 0 Å². The van der Waals surface area contributed by atoms with Crippen molar-refractivity contribution in [1.82, 2.24) is 9.97 Å². The largest absolute Gasteiger partial charge is 0.344 e. The van der Waals surface area contributed by atoms with E-state index in [-0.39, 0.29) is 6.04 Å². The van der Waals surface area contributed by atoms with Crippen LogP contribution in [-0.2, 0) is 0 Å². The van der Waals surface area contributed by atoms with Gasteiger partial charge in [0.15, 0.2) is 0 Å². The summed E-state index contributed by atoms with van der Waals surface area (Å²) in [4.78, 5) is 9.08. The Morgan fingerprint density at radius 3 is 2.75 bits per heavy atom. The third kappa shape index (κ3) is 2.03. The van der Waals surface area contributed by atoms with Crippen molar-refractivity contribution in [2.45, 2.75) is 26.8 Å². The fraction of sp³-hybridized carbons (Fsp3) is 0.417. The predicted octanol–water partition coefficient (Wildman–Crippen LogP) is 3.10. The second-order valence-corrected chi connectivity index (χ2v) is 5.29. The number of nitrogens with zero attached hydrogens (tertiary/aromatic N) is 1. The van der Waals surface area contributed by atoms with Gasteiger partial charge in [0.1, 0.15) is 11.5 Å². The van der Waals surface area contributed by atoms with Gasteiger partial charge in [-0.1, -0.05) is 19.9 Å². The highest BCUT2D eigenvalue weighted by molar-refractivity contribution is 7.13. The van der Waals surface area contributed by atoms with Crippen molar-refractivity contribution >= 4 is 11.3 Å². The van der Waals surface area contributed by atoms with Crippen LogP contribution in [0.15, 0.2) is 17.5 Å². The molecule has 0 saturated heterocycles. The molecule has 4 heteroatoms. The van der Waals surface area contributed by atoms with Crippen molar-refractivity contribution in [3.63, 3.8) is 0 Å². The molecule has 0 aliphatic rings. The molecule has 3 N–H and O–H groups in total. The van der Waals surface area contributed by atoms with Crippen molar-refractivity contribution in [2.24, 2.45) is 11.7 Å². The summed E-state index contributed by atoms with van der Waals surface area (Å²) in [6.45, 7) is 6.25. The second kappa shape index (κ2) is 4.39. The molecule has 0 aliphatic carbocycles. The van der Waals surface area contributed by atoms with E-state index >= 15 is 0 Å². The van der Waals surface area contributed by atoms with E-state index in [0.717, 1.165) is 17.2 Å². The molecule has 1 atom stereocenters. The van der Waals surface area contributed by atoms with Crippen molar-refractivity contribution in [1.29, 1.82) is 0 Å². The zero-order valence-corrected chi connectivity index (χ0v) is 10.6. The number of nitrogens with two attached hydrogens (primary N) is 1. The van der Waals surface area contributed by atoms with Gasteiger partial charge >= 0.3 is 0 Å². The summed E-state index contributed by atoms with van der Waals surface area (Å²) in [7, 11) is 0. The topological polar surface area (TPSA) is 54.7 Å². The van der Waals surface area contributed by atoms with E-state index in [4.69, 9.17) is 5.73 Å². The average Bonchev–Trinajstić information content (AvgIpc) is 2.84. The molecule has 2 rings (SSSR count). The first-order valence-corrected chi connectivity index (χ1v) is 6.33. The van der Waals surface area contributed by atoms with Crippen LogP contribution < -0.4 is 5.73 Å². The van der Waals surface area contributed by atoms with Crippen LogP contribution >= 0.6 is 11.3 Å². The SMILES string of the molecule is Cc1[nH]c(C(N)C(C)C)nc1-c1cccs1. The molecule has 86 valence electrons. The molecule has 0 aliphatic heterocycles. The Bertz CT molecular complexity index is 457. The van der Waals surface area contributed by atoms with E-state index in [2.05, 4.69) is 35.3 Å². The maximum atomic E-state index is 6.08. The van der Waals surface area contributed by atoms with Crippen molar-refractivity contribution in [3.05, 3.63) is 29.0 Å². The molecule has 1 unspecified atom stereocenters. The Morgan fingerprint density at radius 2 is 2.19 bits per heavy atom. The predicted molar refractivity (Wildman–Crippen MR) is 68.4 cm³/mol. The molecule has 16 heavy (non-hydrogen) atoms. The number of rotatable bonds is 3. The van der Waals surface area contributed by atoms with E-state index < -0.39 is 0 Å². The molecular weight excluding hydrogens is 218 g/mol. The molecule has 2 aromatic rings. The van der Waals surface area contributed by atoms with Crippen molar-refractivity contribution in [3.8, 4) is 10.6 Å². The molecule has 0 saturated carbocycles. The van der Waals surface area contributed by atoms with Gasteiger partial charge in [-0.15, -0.1) is 11.3 Å². The molecule has 0 fully saturated rings. The number of hydrogen-bond acceptors (Lipinski definition) is 3. The van der Waals surface area contributed by atoms with Gasteiger partial charge < -0.3 is 10.7 Å². The Balaban J connectivity index is 2.36. The molecule has 0 aromatic carbocycles. The Labute approximate surface area is 99.7 Å². The van der Waals surface area contributed by atoms with E-state index in [1.165, 1.54) is 4.88 Å². The zero-order chi connectivity index (χ0) is 11.7. The summed E-state index contributed by atoms with van der Waals surface area (Å²) in [6, 6.07) is 4.10. The number of nitrogens with one attached hydrogen (secondary N) is 1. The molecule has 0 spiro atoms. The number of aryl methyl sites for hydroxylation is 1. The zero-order valence-electron chi connectivity index (χ0n) is 9.82. The van der Waals surface area contributed by atoms with E-state index in [1.807, 2.05) is 13.0 Å². The molecule has 0 bridgehead atoms. The lowest BCUT2D eigenvalue weighted by Gasteiger charge is -2.11. The first kappa shape index (κ1) is 11.4. The van der Waals surface area contributed by atoms with Gasteiger partial charge in [0.05, 0.1) is 10.9 Å². The second-order valence-electron chi connectivity index (χ2n) is 4.34. The highest BCUT2D eigenvalue weighted by atomic mass is 32.1. The minimum Gasteiger partial charge on any atom is -0.344 e. The van der Waals surface area contributed by atoms with Gasteiger partial charge in [-0.05, 0) is 24.3 Å². The van der Waals surface area contributed by atoms with Crippen LogP contribution in [0.25, 0.3) is 10.6 Å². The number of thiophene rings is 1. The van der Waals surface area contributed by atoms with Crippen LogP contribution in [0, 0.1) is 12.8 Å². The van der Waals surface area contributed by atoms with Crippen molar-refractivity contribution in [2.75, 3.05) is 0 Å². The minimum absolute atomic E-state index is 0.0209. The van der Waals surface area contributed by atoms with Gasteiger partial charge in [-0.25, -0.2) is 4.98 Å². The molecule has 2 aromatic heterocycles. The number of hydrogen-bond donors (Lipinski definition) is 2. The van der Waals surface area contributed by atoms with Gasteiger partial charge in [-0.3, -0.25) is 0 Å². The summed E-state index contributed by atoms with van der Waals surface area (Å²) in [6.07, 6.45) is 0. The van der Waals surface area contributed by atoms with Gasteiger partial charge in [0.2, 0.25) is 0 Å². The van der Waals surface area contributed by atoms with E-state index in [9.17, 15) is 0 Å². The summed E-state index contributed by atoms with van der Waals surface area (Å²) in [5.74, 6) is 1.28. The van der Waals surface area contributed by atoms with E-state index in [0.29, 0.717) is 5.92 Å². The van der Waals surface area contributed by atoms with Gasteiger partial charge in [-0.2, -0.15) is 0 Å². The molecule has 3 nitrogen and oxygen atoms in total. The normalized spacial score (nSPS) is 13.3. The van der Waals surface area contributed by atoms with Crippen LogP contribution in [0.1, 0.15) is 31.4 Å². The van der Waals surface area contributed by atoms with Gasteiger partial charge in [0, 0.05) is 5.69 Å². The summed E-state index contributed by atoms with van der Waals surface area (Å²) < 4.78 is 0. The standard InChI is InChI=1S/C12H17N3S/c1-7(2)10(13)12-14-8(3)11(15-12)9-5-4-6-16-9/h4-7,10H,13H2,1-3H3,(H,14,15). The van der Waals surface area contributed by atoms with Crippen LogP contribution in [0.3, 0.4) is 0 Å². The lowest BCUT2D eigenvalue weighted by molar-refractivity contribution is 0.494. The van der Waals surface area contributed by atoms with Crippen molar-refractivity contribution < 1.29 is 0 Å². The Morgan fingerprint density at radius 1 is 1.44 bits per heavy atom. The Kier molecular flexibility index (Phi) is 3.12. The molecule has 0 amide bonds. The van der Waals surface area contributed by atoms with Crippen LogP contribution in [0.4, 0.5) is 0 Å². The summed E-state index contributed by atoms with van der Waals surface area (Å²) >= 11 is 1.70. The number of H-pyrrole nitrogens is 1. The highest BCUT2D eigenvalue weighted by Crippen LogP contribution is 2.28. The fourth-order valence-corrected chi connectivity index (χ4v) is 2.38. The number of aromatic nitrogens is 2. The average molecular weight is 235 g/mol. The summed E-state index contributed by atoms with van der Waals surface area (Å²) in [5, 5.41) is 2.06. The molecular formula is C12H17N3S. The maximum Gasteiger partial charge on any atom is 0.124 e. The third-order valence-corrected chi connectivity index (χ3v) is 3.57. The quantitative estimate of drug-likeness (QED) is 0.859. The third-order valence-electron chi connectivity index (χ3n) is 2.69. The summed E-state index contributed by atoms with van der Waals surface area (Å²) in [5.41, 5.74) is 8.20. The lowest BCUT2D eigenvalue weighted by atomic mass is 10.1. The van der Waals surface area contributed by atoms with Crippen LogP contribution in [0.5, 0.6) is 0 Å². The highest BCUT2D eigenvalue weighted by Gasteiger charge is 2.17.